The second-order valence-corrected chi connectivity index (χ2v) is 3.56. The monoisotopic (exact) mass is 298 g/mol. The summed E-state index contributed by atoms with van der Waals surface area (Å²) in [5.41, 5.74) is 0. The Labute approximate surface area is 147 Å². The maximum atomic E-state index is 10.7. The molecule has 0 fully saturated rings. The third-order valence-corrected chi connectivity index (χ3v) is 1.85. The van der Waals surface area contributed by atoms with Crippen LogP contribution in [0.5, 0.6) is 0 Å². The van der Waals surface area contributed by atoms with Gasteiger partial charge in [-0.1, -0.05) is 0 Å². The topological polar surface area (TPSA) is 113 Å². The van der Waals surface area contributed by atoms with Crippen molar-refractivity contribution in [1.29, 1.82) is 0 Å². The molecule has 0 aliphatic carbocycles. The van der Waals surface area contributed by atoms with Gasteiger partial charge < -0.3 is 14.7 Å². The van der Waals surface area contributed by atoms with Crippen molar-refractivity contribution in [2.24, 2.45) is 0 Å². The third kappa shape index (κ3) is 14.0. The quantitative estimate of drug-likeness (QED) is 0.371. The molecule has 2 unspecified atom stereocenters. The van der Waals surface area contributed by atoms with Gasteiger partial charge in [0, 0.05) is 6.92 Å². The molecule has 0 rings (SSSR count). The molecule has 0 saturated heterocycles. The molecule has 86 valence electrons. The van der Waals surface area contributed by atoms with Gasteiger partial charge in [-0.25, -0.2) is 4.57 Å². The summed E-state index contributed by atoms with van der Waals surface area (Å²) in [5.74, 6) is -0.968. The van der Waals surface area contributed by atoms with Gasteiger partial charge >= 0.3 is 89.3 Å². The van der Waals surface area contributed by atoms with E-state index in [4.69, 9.17) is 15.1 Å². The van der Waals surface area contributed by atoms with Gasteiger partial charge in [0.25, 0.3) is 0 Å². The fourth-order valence-corrected chi connectivity index (χ4v) is 1.16. The molecule has 0 aromatic carbocycles. The van der Waals surface area contributed by atoms with E-state index in [1.807, 2.05) is 0 Å². The number of carbonyl (C=O) groups is 1. The van der Waals surface area contributed by atoms with Crippen LogP contribution < -0.4 is 0 Å². The van der Waals surface area contributed by atoms with Gasteiger partial charge in [0.15, 0.2) is 0 Å². The molecule has 15 heavy (non-hydrogen) atoms. The van der Waals surface area contributed by atoms with E-state index in [-0.39, 0.29) is 75.5 Å². The SMILES string of the molecule is CC(=O)OP(=O)(O)OCC(O)CO.[CaH2].[CaH2]. The number of carbonyl (C=O) groups excluding carboxylic acids is 1. The van der Waals surface area contributed by atoms with Crippen LogP contribution in [-0.4, -0.2) is 116 Å². The Morgan fingerprint density at radius 2 is 1.93 bits per heavy atom. The fourth-order valence-electron chi connectivity index (χ4n) is 0.422. The molecular weight excluding hydrogens is 283 g/mol. The number of rotatable bonds is 5. The first-order valence-electron chi connectivity index (χ1n) is 3.34. The second kappa shape index (κ2) is 11.2. The molecule has 0 aliphatic heterocycles. The van der Waals surface area contributed by atoms with Gasteiger partial charge in [0.1, 0.15) is 6.10 Å². The van der Waals surface area contributed by atoms with Crippen molar-refractivity contribution >= 4 is 89.3 Å². The van der Waals surface area contributed by atoms with E-state index < -0.39 is 33.1 Å². The first-order valence-corrected chi connectivity index (χ1v) is 4.83. The summed E-state index contributed by atoms with van der Waals surface area (Å²) in [4.78, 5) is 19.0. The average molecular weight is 298 g/mol. The normalized spacial score (nSPS) is 15.2. The van der Waals surface area contributed by atoms with Crippen LogP contribution in [0.3, 0.4) is 0 Å². The van der Waals surface area contributed by atoms with E-state index in [1.54, 1.807) is 0 Å². The zero-order valence-electron chi connectivity index (χ0n) is 6.91. The zero-order chi connectivity index (χ0) is 10.5. The summed E-state index contributed by atoms with van der Waals surface area (Å²) in [6, 6.07) is 0. The molecule has 0 aliphatic rings. The number of aliphatic hydroxyl groups excluding tert-OH is 2. The number of aliphatic hydroxyl groups is 2. The zero-order valence-corrected chi connectivity index (χ0v) is 7.81. The van der Waals surface area contributed by atoms with Crippen molar-refractivity contribution in [3.05, 3.63) is 0 Å². The minimum absolute atomic E-state index is 0. The molecular formula is C5H15Ca2O7P. The van der Waals surface area contributed by atoms with Crippen LogP contribution in [0.1, 0.15) is 6.92 Å². The van der Waals surface area contributed by atoms with Crippen LogP contribution >= 0.6 is 7.82 Å². The van der Waals surface area contributed by atoms with E-state index in [1.165, 1.54) is 0 Å². The van der Waals surface area contributed by atoms with Crippen LogP contribution in [-0.2, 0) is 18.4 Å². The second-order valence-electron chi connectivity index (χ2n) is 2.18. The van der Waals surface area contributed by atoms with Crippen molar-refractivity contribution in [1.82, 2.24) is 0 Å². The van der Waals surface area contributed by atoms with Crippen molar-refractivity contribution in [2.75, 3.05) is 13.2 Å². The van der Waals surface area contributed by atoms with E-state index in [0.717, 1.165) is 6.92 Å². The Kier molecular flexibility index (Phi) is 16.6. The van der Waals surface area contributed by atoms with Crippen LogP contribution in [0.15, 0.2) is 0 Å². The molecule has 2 atom stereocenters. The van der Waals surface area contributed by atoms with Crippen molar-refractivity contribution in [3.8, 4) is 0 Å². The van der Waals surface area contributed by atoms with Gasteiger partial charge in [0.2, 0.25) is 0 Å². The Morgan fingerprint density at radius 1 is 1.47 bits per heavy atom. The van der Waals surface area contributed by atoms with E-state index >= 15 is 0 Å². The standard InChI is InChI=1S/C5H11O7P.2Ca.4H/c1-4(7)12-13(9,10)11-3-5(8)2-6;;;;;;/h5-6,8H,2-3H2,1H3,(H,9,10);;;;;;. The predicted molar refractivity (Wildman–Crippen MR) is 57.7 cm³/mol. The number of phosphoric ester groups is 1. The van der Waals surface area contributed by atoms with Crippen molar-refractivity contribution in [3.63, 3.8) is 0 Å². The van der Waals surface area contributed by atoms with Gasteiger partial charge in [0.05, 0.1) is 13.2 Å². The fraction of sp³-hybridized carbons (Fsp3) is 0.800. The average Bonchev–Trinajstić information content (AvgIpc) is 1.98. The van der Waals surface area contributed by atoms with Crippen LogP contribution in [0.4, 0.5) is 0 Å². The summed E-state index contributed by atoms with van der Waals surface area (Å²) in [6.45, 7) is -0.258. The molecule has 7 nitrogen and oxygen atoms in total. The molecule has 0 radical (unpaired) electrons. The summed E-state index contributed by atoms with van der Waals surface area (Å²) < 4.78 is 18.8. The number of hydrogen-bond donors (Lipinski definition) is 3. The van der Waals surface area contributed by atoms with Gasteiger partial charge in [-0.3, -0.25) is 14.2 Å². The first-order chi connectivity index (χ1) is 5.87. The third-order valence-electron chi connectivity index (χ3n) is 0.885. The van der Waals surface area contributed by atoms with E-state index in [0.29, 0.717) is 0 Å². The molecule has 3 N–H and O–H groups in total. The number of hydrogen-bond acceptors (Lipinski definition) is 6. The van der Waals surface area contributed by atoms with Crippen LogP contribution in [0, 0.1) is 0 Å². The van der Waals surface area contributed by atoms with E-state index in [2.05, 4.69) is 9.05 Å². The van der Waals surface area contributed by atoms with E-state index in [9.17, 15) is 9.36 Å². The molecule has 0 saturated carbocycles. The molecule has 0 heterocycles. The molecule has 0 bridgehead atoms. The molecule has 0 spiro atoms. The molecule has 10 heteroatoms. The summed E-state index contributed by atoms with van der Waals surface area (Å²) in [5, 5.41) is 17.0. The predicted octanol–water partition coefficient (Wildman–Crippen LogP) is -2.81. The van der Waals surface area contributed by atoms with Crippen molar-refractivity contribution < 1.29 is 33.5 Å². The maximum absolute atomic E-state index is 10.7. The molecule has 0 aromatic heterocycles. The first kappa shape index (κ1) is 22.3. The summed E-state index contributed by atoms with van der Waals surface area (Å²) >= 11 is 0. The summed E-state index contributed by atoms with van der Waals surface area (Å²) in [6.07, 6.45) is -1.28. The Morgan fingerprint density at radius 3 is 2.27 bits per heavy atom. The van der Waals surface area contributed by atoms with Gasteiger partial charge in [-0.2, -0.15) is 0 Å². The van der Waals surface area contributed by atoms with Crippen LogP contribution in [0.25, 0.3) is 0 Å². The Hall–Kier alpha value is 2.06. The molecule has 0 amide bonds. The molecule has 0 aromatic rings. The number of phosphoric acid groups is 1. The van der Waals surface area contributed by atoms with Gasteiger partial charge in [-0.05, 0) is 0 Å². The Balaban J connectivity index is -0.000000720. The Bertz CT molecular complexity index is 223. The summed E-state index contributed by atoms with van der Waals surface area (Å²) in [7, 11) is -4.44. The van der Waals surface area contributed by atoms with Crippen LogP contribution in [0.2, 0.25) is 0 Å². The van der Waals surface area contributed by atoms with Crippen molar-refractivity contribution in [2.45, 2.75) is 13.0 Å². The minimum atomic E-state index is -4.44. The van der Waals surface area contributed by atoms with Gasteiger partial charge in [-0.15, -0.1) is 0 Å².